The fourth-order valence-corrected chi connectivity index (χ4v) is 7.17. The van der Waals surface area contributed by atoms with E-state index in [1.165, 1.54) is 51.4 Å². The molecular weight excluding hydrogens is 284 g/mol. The Balaban J connectivity index is 1.63. The van der Waals surface area contributed by atoms with Crippen LogP contribution in [0.4, 0.5) is 0 Å². The first-order valence-corrected chi connectivity index (χ1v) is 9.78. The molecule has 0 amide bonds. The Morgan fingerprint density at radius 1 is 0.957 bits per heavy atom. The summed E-state index contributed by atoms with van der Waals surface area (Å²) in [5.41, 5.74) is 2.60. The van der Waals surface area contributed by atoms with E-state index in [2.05, 4.69) is 19.9 Å². The zero-order valence-electron chi connectivity index (χ0n) is 15.4. The molecule has 0 N–H and O–H groups in total. The Morgan fingerprint density at radius 2 is 1.78 bits per heavy atom. The molecule has 4 rings (SSSR count). The van der Waals surface area contributed by atoms with Crippen molar-refractivity contribution in [3.8, 4) is 0 Å². The van der Waals surface area contributed by atoms with Crippen LogP contribution in [0, 0.1) is 28.6 Å². The molecule has 4 aliphatic rings. The number of ether oxygens (including phenoxy) is 2. The van der Waals surface area contributed by atoms with Crippen molar-refractivity contribution < 1.29 is 9.47 Å². The summed E-state index contributed by atoms with van der Waals surface area (Å²) >= 11 is 0. The van der Waals surface area contributed by atoms with Gasteiger partial charge in [-0.25, -0.2) is 0 Å². The molecule has 0 spiro atoms. The number of hydrogen-bond acceptors (Lipinski definition) is 2. The van der Waals surface area contributed by atoms with E-state index in [0.29, 0.717) is 23.0 Å². The van der Waals surface area contributed by atoms with Crippen molar-refractivity contribution in [1.29, 1.82) is 0 Å². The van der Waals surface area contributed by atoms with E-state index >= 15 is 0 Å². The predicted octanol–water partition coefficient (Wildman–Crippen LogP) is 4.98. The molecule has 2 unspecified atom stereocenters. The third kappa shape index (κ3) is 2.20. The zero-order chi connectivity index (χ0) is 16.2. The Kier molecular flexibility index (Phi) is 3.93. The van der Waals surface area contributed by atoms with E-state index in [1.807, 2.05) is 14.2 Å². The topological polar surface area (TPSA) is 18.5 Å². The molecule has 0 aromatic carbocycles. The molecule has 2 nitrogen and oxygen atoms in total. The SMILES string of the molecule is COC1CC[C@@]2(C)C(=CC[C@@H]3[C@@H]2CC[C@]2(C)C(OC)CC[C@@H]32)C1. The second-order valence-corrected chi connectivity index (χ2v) is 9.21. The highest BCUT2D eigenvalue weighted by Crippen LogP contribution is 2.65. The first-order valence-electron chi connectivity index (χ1n) is 9.78. The number of methoxy groups -OCH3 is 2. The molecule has 0 heterocycles. The van der Waals surface area contributed by atoms with Crippen molar-refractivity contribution in [1.82, 2.24) is 0 Å². The van der Waals surface area contributed by atoms with E-state index in [0.717, 1.165) is 17.8 Å². The van der Waals surface area contributed by atoms with Crippen LogP contribution in [-0.2, 0) is 9.47 Å². The van der Waals surface area contributed by atoms with Crippen molar-refractivity contribution >= 4 is 0 Å². The van der Waals surface area contributed by atoms with Crippen LogP contribution >= 0.6 is 0 Å². The summed E-state index contributed by atoms with van der Waals surface area (Å²) in [5.74, 6) is 2.66. The van der Waals surface area contributed by atoms with E-state index in [4.69, 9.17) is 9.47 Å². The molecule has 23 heavy (non-hydrogen) atoms. The Bertz CT molecular complexity index is 498. The van der Waals surface area contributed by atoms with Gasteiger partial charge in [0.2, 0.25) is 0 Å². The normalized spacial score (nSPS) is 52.3. The van der Waals surface area contributed by atoms with E-state index in [9.17, 15) is 0 Å². The van der Waals surface area contributed by atoms with Gasteiger partial charge in [-0.15, -0.1) is 0 Å². The van der Waals surface area contributed by atoms with Gasteiger partial charge in [0.1, 0.15) is 0 Å². The van der Waals surface area contributed by atoms with Crippen LogP contribution in [0.2, 0.25) is 0 Å². The smallest absolute Gasteiger partial charge is 0.0627 e. The molecule has 3 fully saturated rings. The quantitative estimate of drug-likeness (QED) is 0.669. The Morgan fingerprint density at radius 3 is 2.52 bits per heavy atom. The van der Waals surface area contributed by atoms with Crippen LogP contribution in [0.5, 0.6) is 0 Å². The maximum absolute atomic E-state index is 5.89. The fourth-order valence-electron chi connectivity index (χ4n) is 7.17. The minimum atomic E-state index is 0.432. The number of hydrogen-bond donors (Lipinski definition) is 0. The summed E-state index contributed by atoms with van der Waals surface area (Å²) in [6, 6.07) is 0. The van der Waals surface area contributed by atoms with Gasteiger partial charge >= 0.3 is 0 Å². The molecule has 0 radical (unpaired) electrons. The van der Waals surface area contributed by atoms with Gasteiger partial charge in [0.15, 0.2) is 0 Å². The molecule has 0 saturated heterocycles. The molecule has 2 heteroatoms. The molecule has 7 atom stereocenters. The summed E-state index contributed by atoms with van der Waals surface area (Å²) in [7, 11) is 3.81. The lowest BCUT2D eigenvalue weighted by molar-refractivity contribution is -0.0834. The summed E-state index contributed by atoms with van der Waals surface area (Å²) in [6.45, 7) is 5.10. The fraction of sp³-hybridized carbons (Fsp3) is 0.905. The van der Waals surface area contributed by atoms with Gasteiger partial charge in [-0.1, -0.05) is 25.5 Å². The Hall–Kier alpha value is -0.340. The number of fused-ring (bicyclic) bond motifs is 5. The highest BCUT2D eigenvalue weighted by atomic mass is 16.5. The van der Waals surface area contributed by atoms with Gasteiger partial charge in [-0.3, -0.25) is 0 Å². The van der Waals surface area contributed by atoms with Gasteiger partial charge < -0.3 is 9.47 Å². The van der Waals surface area contributed by atoms with Gasteiger partial charge in [0.05, 0.1) is 12.2 Å². The van der Waals surface area contributed by atoms with Crippen molar-refractivity contribution in [2.45, 2.75) is 77.4 Å². The molecule has 130 valence electrons. The van der Waals surface area contributed by atoms with Gasteiger partial charge in [0, 0.05) is 14.2 Å². The minimum Gasteiger partial charge on any atom is -0.381 e. The molecule has 0 bridgehead atoms. The molecule has 0 aromatic heterocycles. The van der Waals surface area contributed by atoms with Gasteiger partial charge in [-0.05, 0) is 80.0 Å². The van der Waals surface area contributed by atoms with Crippen LogP contribution < -0.4 is 0 Å². The Labute approximate surface area is 142 Å². The molecule has 3 saturated carbocycles. The van der Waals surface area contributed by atoms with Crippen molar-refractivity contribution in [2.24, 2.45) is 28.6 Å². The van der Waals surface area contributed by atoms with Crippen LogP contribution in [0.3, 0.4) is 0 Å². The van der Waals surface area contributed by atoms with Crippen LogP contribution in [0.15, 0.2) is 11.6 Å². The van der Waals surface area contributed by atoms with Crippen molar-refractivity contribution in [3.05, 3.63) is 11.6 Å². The molecular formula is C21H34O2. The van der Waals surface area contributed by atoms with Crippen molar-refractivity contribution in [2.75, 3.05) is 14.2 Å². The monoisotopic (exact) mass is 318 g/mol. The van der Waals surface area contributed by atoms with E-state index in [1.54, 1.807) is 5.57 Å². The van der Waals surface area contributed by atoms with E-state index < -0.39 is 0 Å². The minimum absolute atomic E-state index is 0.432. The lowest BCUT2D eigenvalue weighted by Gasteiger charge is -2.58. The summed E-state index contributed by atoms with van der Waals surface area (Å²) < 4.78 is 11.6. The predicted molar refractivity (Wildman–Crippen MR) is 93.3 cm³/mol. The maximum atomic E-state index is 5.89. The first kappa shape index (κ1) is 16.1. The van der Waals surface area contributed by atoms with Crippen molar-refractivity contribution in [3.63, 3.8) is 0 Å². The second kappa shape index (κ2) is 5.59. The molecule has 4 aliphatic carbocycles. The third-order valence-electron chi connectivity index (χ3n) is 8.59. The van der Waals surface area contributed by atoms with Crippen LogP contribution in [-0.4, -0.2) is 26.4 Å². The summed E-state index contributed by atoms with van der Waals surface area (Å²) in [6.07, 6.45) is 14.1. The average Bonchev–Trinajstić information content (AvgIpc) is 2.90. The molecule has 0 aromatic rings. The highest BCUT2D eigenvalue weighted by molar-refractivity contribution is 5.25. The van der Waals surface area contributed by atoms with Crippen LogP contribution in [0.1, 0.15) is 65.2 Å². The maximum Gasteiger partial charge on any atom is 0.0627 e. The average molecular weight is 319 g/mol. The summed E-state index contributed by atoms with van der Waals surface area (Å²) in [5, 5.41) is 0. The largest absolute Gasteiger partial charge is 0.381 e. The number of allylic oxidation sites excluding steroid dienone is 1. The number of rotatable bonds is 2. The third-order valence-corrected chi connectivity index (χ3v) is 8.59. The van der Waals surface area contributed by atoms with Crippen LogP contribution in [0.25, 0.3) is 0 Å². The molecule has 0 aliphatic heterocycles. The zero-order valence-corrected chi connectivity index (χ0v) is 15.4. The van der Waals surface area contributed by atoms with E-state index in [-0.39, 0.29) is 0 Å². The second-order valence-electron chi connectivity index (χ2n) is 9.21. The lowest BCUT2D eigenvalue weighted by Crippen LogP contribution is -2.51. The highest BCUT2D eigenvalue weighted by Gasteiger charge is 2.58. The first-order chi connectivity index (χ1) is 11.0. The summed E-state index contributed by atoms with van der Waals surface area (Å²) in [4.78, 5) is 0. The van der Waals surface area contributed by atoms with Gasteiger partial charge in [0.25, 0.3) is 0 Å². The standard InChI is InChI=1S/C21H34O2/c1-20-11-9-15(22-3)13-14(20)5-6-16-17-7-8-19(23-4)21(17,2)12-10-18(16)20/h5,15-19H,6-13H2,1-4H3/t15?,16-,17-,18-,19?,20-,21-/m0/s1. The van der Waals surface area contributed by atoms with Gasteiger partial charge in [-0.2, -0.15) is 0 Å². The lowest BCUT2D eigenvalue weighted by atomic mass is 9.48.